The van der Waals surface area contributed by atoms with Gasteiger partial charge in [0.2, 0.25) is 5.95 Å². The molecule has 8 heteroatoms. The van der Waals surface area contributed by atoms with Crippen molar-refractivity contribution in [1.29, 1.82) is 0 Å². The summed E-state index contributed by atoms with van der Waals surface area (Å²) in [5.74, 6) is 0.705. The fourth-order valence-electron chi connectivity index (χ4n) is 2.29. The Labute approximate surface area is 132 Å². The van der Waals surface area contributed by atoms with Gasteiger partial charge in [0.25, 0.3) is 0 Å². The van der Waals surface area contributed by atoms with Gasteiger partial charge >= 0.3 is 0 Å². The van der Waals surface area contributed by atoms with Gasteiger partial charge in [-0.15, -0.1) is 11.3 Å². The second-order valence-corrected chi connectivity index (χ2v) is 6.16. The number of rotatable bonds is 3. The van der Waals surface area contributed by atoms with Gasteiger partial charge < -0.3 is 15.5 Å². The van der Waals surface area contributed by atoms with E-state index in [2.05, 4.69) is 24.8 Å². The molecule has 0 bridgehead atoms. The van der Waals surface area contributed by atoms with Crippen LogP contribution in [0.3, 0.4) is 0 Å². The van der Waals surface area contributed by atoms with E-state index in [9.17, 15) is 0 Å². The molecular formula is C13H16N6S2. The maximum Gasteiger partial charge on any atom is 0.226 e. The van der Waals surface area contributed by atoms with Crippen LogP contribution in [0.1, 0.15) is 11.4 Å². The zero-order valence-corrected chi connectivity index (χ0v) is 13.3. The lowest BCUT2D eigenvalue weighted by Gasteiger charge is -2.34. The molecule has 0 aromatic carbocycles. The molecule has 2 aromatic rings. The first-order valence-electron chi connectivity index (χ1n) is 6.68. The summed E-state index contributed by atoms with van der Waals surface area (Å²) in [6.07, 6.45) is 1.84. The Balaban J connectivity index is 1.73. The van der Waals surface area contributed by atoms with Crippen molar-refractivity contribution in [1.82, 2.24) is 15.0 Å². The van der Waals surface area contributed by atoms with Crippen molar-refractivity contribution in [2.45, 2.75) is 6.92 Å². The lowest BCUT2D eigenvalue weighted by Crippen LogP contribution is -2.47. The summed E-state index contributed by atoms with van der Waals surface area (Å²) >= 11 is 6.68. The van der Waals surface area contributed by atoms with E-state index in [4.69, 9.17) is 18.0 Å². The Morgan fingerprint density at radius 2 is 1.95 bits per heavy atom. The van der Waals surface area contributed by atoms with Gasteiger partial charge in [0, 0.05) is 43.4 Å². The van der Waals surface area contributed by atoms with E-state index in [1.807, 2.05) is 24.6 Å². The van der Waals surface area contributed by atoms with Gasteiger partial charge in [0.15, 0.2) is 5.13 Å². The first kappa shape index (κ1) is 14.2. The van der Waals surface area contributed by atoms with Crippen molar-refractivity contribution in [3.05, 3.63) is 29.0 Å². The predicted octanol–water partition coefficient (Wildman–Crippen LogP) is 1.20. The van der Waals surface area contributed by atoms with Crippen molar-refractivity contribution in [3.63, 3.8) is 0 Å². The maximum atomic E-state index is 5.67. The normalized spacial score (nSPS) is 15.3. The number of thiazole rings is 1. The van der Waals surface area contributed by atoms with E-state index in [-0.39, 0.29) is 0 Å². The van der Waals surface area contributed by atoms with Crippen LogP contribution in [0.2, 0.25) is 0 Å². The number of nitrogens with zero attached hydrogens (tertiary/aromatic N) is 5. The Morgan fingerprint density at radius 1 is 1.24 bits per heavy atom. The molecule has 0 spiro atoms. The van der Waals surface area contributed by atoms with Crippen LogP contribution < -0.4 is 15.5 Å². The number of piperazine rings is 1. The molecule has 3 rings (SSSR count). The molecule has 3 heterocycles. The third kappa shape index (κ3) is 3.11. The highest BCUT2D eigenvalue weighted by molar-refractivity contribution is 7.80. The zero-order valence-electron chi connectivity index (χ0n) is 11.7. The molecule has 0 saturated carbocycles. The van der Waals surface area contributed by atoms with Crippen LogP contribution in [0.5, 0.6) is 0 Å². The molecule has 110 valence electrons. The molecule has 0 unspecified atom stereocenters. The number of anilines is 2. The topological polar surface area (TPSA) is 71.2 Å². The molecule has 0 amide bonds. The van der Waals surface area contributed by atoms with Crippen LogP contribution in [0, 0.1) is 6.92 Å². The molecule has 1 aliphatic rings. The molecule has 1 fully saturated rings. The van der Waals surface area contributed by atoms with Gasteiger partial charge in [-0.2, -0.15) is 0 Å². The Bertz CT molecular complexity index is 634. The van der Waals surface area contributed by atoms with Gasteiger partial charge in [-0.1, -0.05) is 12.2 Å². The van der Waals surface area contributed by atoms with Gasteiger partial charge in [-0.25, -0.2) is 15.0 Å². The second-order valence-electron chi connectivity index (χ2n) is 4.85. The minimum absolute atomic E-state index is 0.308. The van der Waals surface area contributed by atoms with Gasteiger partial charge in [0.1, 0.15) is 10.7 Å². The summed E-state index contributed by atoms with van der Waals surface area (Å²) in [6.45, 7) is 5.47. The third-order valence-corrected chi connectivity index (χ3v) is 4.39. The van der Waals surface area contributed by atoms with E-state index < -0.39 is 0 Å². The number of aryl methyl sites for hydroxylation is 1. The summed E-state index contributed by atoms with van der Waals surface area (Å²) in [5.41, 5.74) is 7.19. The van der Waals surface area contributed by atoms with E-state index in [1.165, 1.54) is 0 Å². The standard InChI is InChI=1S/C13H16N6S2/c1-9-8-10(11(14)20)17-12(16-9)18-3-5-19(6-4-18)13-15-2-7-21-13/h2,7-8H,3-6H2,1H3,(H2,14,20). The van der Waals surface area contributed by atoms with Crippen LogP contribution in [-0.4, -0.2) is 46.1 Å². The van der Waals surface area contributed by atoms with E-state index in [0.717, 1.165) is 37.0 Å². The highest BCUT2D eigenvalue weighted by Gasteiger charge is 2.21. The summed E-state index contributed by atoms with van der Waals surface area (Å²) in [7, 11) is 0. The Kier molecular flexibility index (Phi) is 3.98. The van der Waals surface area contributed by atoms with E-state index in [0.29, 0.717) is 16.6 Å². The smallest absolute Gasteiger partial charge is 0.226 e. The Morgan fingerprint density at radius 3 is 2.57 bits per heavy atom. The molecule has 0 radical (unpaired) electrons. The van der Waals surface area contributed by atoms with E-state index in [1.54, 1.807) is 11.3 Å². The van der Waals surface area contributed by atoms with Crippen LogP contribution in [0.4, 0.5) is 11.1 Å². The zero-order chi connectivity index (χ0) is 14.8. The first-order valence-corrected chi connectivity index (χ1v) is 7.97. The lowest BCUT2D eigenvalue weighted by atomic mass is 10.3. The fourth-order valence-corrected chi connectivity index (χ4v) is 3.09. The molecule has 2 aromatic heterocycles. The molecule has 1 aliphatic heterocycles. The molecule has 21 heavy (non-hydrogen) atoms. The highest BCUT2D eigenvalue weighted by Crippen LogP contribution is 2.20. The van der Waals surface area contributed by atoms with Gasteiger partial charge in [-0.05, 0) is 13.0 Å². The van der Waals surface area contributed by atoms with Crippen molar-refractivity contribution in [2.24, 2.45) is 5.73 Å². The SMILES string of the molecule is Cc1cc(C(N)=S)nc(N2CCN(c3nccs3)CC2)n1. The number of hydrogen-bond acceptors (Lipinski definition) is 7. The van der Waals surface area contributed by atoms with Crippen LogP contribution in [0.25, 0.3) is 0 Å². The largest absolute Gasteiger partial charge is 0.388 e. The maximum absolute atomic E-state index is 5.67. The average molecular weight is 320 g/mol. The molecule has 6 nitrogen and oxygen atoms in total. The van der Waals surface area contributed by atoms with Crippen LogP contribution in [-0.2, 0) is 0 Å². The van der Waals surface area contributed by atoms with Crippen molar-refractivity contribution >= 4 is 39.6 Å². The number of hydrogen-bond donors (Lipinski definition) is 1. The second kappa shape index (κ2) is 5.90. The summed E-state index contributed by atoms with van der Waals surface area (Å²) in [5, 5.41) is 3.07. The summed E-state index contributed by atoms with van der Waals surface area (Å²) in [6, 6.07) is 1.82. The minimum atomic E-state index is 0.308. The molecule has 0 atom stereocenters. The summed E-state index contributed by atoms with van der Waals surface area (Å²) < 4.78 is 0. The Hall–Kier alpha value is -1.80. The molecular weight excluding hydrogens is 304 g/mol. The third-order valence-electron chi connectivity index (χ3n) is 3.35. The lowest BCUT2D eigenvalue weighted by molar-refractivity contribution is 0.637. The number of aromatic nitrogens is 3. The number of nitrogens with two attached hydrogens (primary N) is 1. The van der Waals surface area contributed by atoms with Crippen molar-refractivity contribution < 1.29 is 0 Å². The summed E-state index contributed by atoms with van der Waals surface area (Å²) in [4.78, 5) is 18.1. The van der Waals surface area contributed by atoms with E-state index >= 15 is 0 Å². The quantitative estimate of drug-likeness (QED) is 0.852. The van der Waals surface area contributed by atoms with Gasteiger partial charge in [-0.3, -0.25) is 0 Å². The molecule has 1 saturated heterocycles. The fraction of sp³-hybridized carbons (Fsp3) is 0.385. The minimum Gasteiger partial charge on any atom is -0.388 e. The highest BCUT2D eigenvalue weighted by atomic mass is 32.1. The van der Waals surface area contributed by atoms with Crippen LogP contribution in [0.15, 0.2) is 17.6 Å². The van der Waals surface area contributed by atoms with Gasteiger partial charge in [0.05, 0.1) is 0 Å². The monoisotopic (exact) mass is 320 g/mol. The van der Waals surface area contributed by atoms with Crippen LogP contribution >= 0.6 is 23.6 Å². The molecule has 2 N–H and O–H groups in total. The first-order chi connectivity index (χ1) is 10.1. The number of thiocarbonyl (C=S) groups is 1. The van der Waals surface area contributed by atoms with Crippen molar-refractivity contribution in [2.75, 3.05) is 36.0 Å². The molecule has 0 aliphatic carbocycles. The van der Waals surface area contributed by atoms with Crippen molar-refractivity contribution in [3.8, 4) is 0 Å². The predicted molar refractivity (Wildman–Crippen MR) is 89.2 cm³/mol. The average Bonchev–Trinajstić information content (AvgIpc) is 3.01.